The number of nitrogens with zero attached hydrogens (tertiary/aromatic N) is 1. The quantitative estimate of drug-likeness (QED) is 0.821. The van der Waals surface area contributed by atoms with Crippen molar-refractivity contribution >= 4 is 15.9 Å². The first-order valence-corrected chi connectivity index (χ1v) is 7.68. The summed E-state index contributed by atoms with van der Waals surface area (Å²) in [5, 5.41) is 0. The second kappa shape index (κ2) is 6.58. The molecule has 1 amide bonds. The minimum Gasteiger partial charge on any atom is -0.488 e. The number of benzene rings is 1. The molecule has 0 radical (unpaired) electrons. The highest BCUT2D eigenvalue weighted by atomic mass is 32.2. The molecular formula is C12H18N2O5S. The lowest BCUT2D eigenvalue weighted by Gasteiger charge is -2.14. The molecule has 0 saturated heterocycles. The molecule has 7 nitrogen and oxygen atoms in total. The fraction of sp³-hybridized carbons (Fsp3) is 0.417. The fourth-order valence-electron chi connectivity index (χ4n) is 1.36. The van der Waals surface area contributed by atoms with E-state index < -0.39 is 15.9 Å². The van der Waals surface area contributed by atoms with Crippen LogP contribution in [0.2, 0.25) is 0 Å². The number of primary amides is 1. The van der Waals surface area contributed by atoms with Crippen LogP contribution in [-0.2, 0) is 9.84 Å². The molecule has 1 aromatic carbocycles. The van der Waals surface area contributed by atoms with Crippen molar-refractivity contribution in [3.8, 4) is 11.5 Å². The van der Waals surface area contributed by atoms with Gasteiger partial charge in [0, 0.05) is 18.9 Å². The van der Waals surface area contributed by atoms with Crippen LogP contribution in [0.3, 0.4) is 0 Å². The Morgan fingerprint density at radius 3 is 2.45 bits per heavy atom. The van der Waals surface area contributed by atoms with Gasteiger partial charge in [0.25, 0.3) is 0 Å². The van der Waals surface area contributed by atoms with E-state index in [0.29, 0.717) is 13.2 Å². The number of carbonyl (C=O) groups is 1. The van der Waals surface area contributed by atoms with Crippen LogP contribution in [0.5, 0.6) is 11.5 Å². The van der Waals surface area contributed by atoms with Gasteiger partial charge in [-0.05, 0) is 26.2 Å². The molecule has 20 heavy (non-hydrogen) atoms. The average Bonchev–Trinajstić information content (AvgIpc) is 2.28. The number of sulfone groups is 1. The number of carbonyl (C=O) groups excluding carboxylic acids is 1. The molecule has 0 aromatic heterocycles. The van der Waals surface area contributed by atoms with Crippen molar-refractivity contribution < 1.29 is 22.7 Å². The monoisotopic (exact) mass is 302 g/mol. The van der Waals surface area contributed by atoms with Gasteiger partial charge in [-0.3, -0.25) is 0 Å². The van der Waals surface area contributed by atoms with Crippen molar-refractivity contribution in [2.45, 2.75) is 4.90 Å². The smallest absolute Gasteiger partial charge is 0.410 e. The maximum atomic E-state index is 11.5. The molecule has 0 aliphatic carbocycles. The lowest BCUT2D eigenvalue weighted by molar-refractivity contribution is 0.205. The van der Waals surface area contributed by atoms with Crippen molar-refractivity contribution in [1.82, 2.24) is 4.90 Å². The highest BCUT2D eigenvalue weighted by Crippen LogP contribution is 2.30. The maximum Gasteiger partial charge on any atom is 0.410 e. The third-order valence-corrected chi connectivity index (χ3v) is 3.46. The van der Waals surface area contributed by atoms with Gasteiger partial charge in [-0.1, -0.05) is 0 Å². The molecule has 0 aliphatic rings. The fourth-order valence-corrected chi connectivity index (χ4v) is 2.00. The topological polar surface area (TPSA) is 98.9 Å². The van der Waals surface area contributed by atoms with Crippen LogP contribution in [0.15, 0.2) is 23.1 Å². The lowest BCUT2D eigenvalue weighted by atomic mass is 10.3. The number of hydrogen-bond donors (Lipinski definition) is 1. The molecule has 0 unspecified atom stereocenters. The van der Waals surface area contributed by atoms with Gasteiger partial charge in [-0.15, -0.1) is 0 Å². The summed E-state index contributed by atoms with van der Waals surface area (Å²) in [6.07, 6.45) is 0.0927. The van der Waals surface area contributed by atoms with Crippen LogP contribution in [0.4, 0.5) is 4.79 Å². The van der Waals surface area contributed by atoms with Crippen LogP contribution in [0, 0.1) is 0 Å². The Labute approximate surface area is 118 Å². The van der Waals surface area contributed by atoms with Gasteiger partial charge in [-0.2, -0.15) is 0 Å². The highest BCUT2D eigenvalue weighted by molar-refractivity contribution is 7.90. The molecule has 0 bridgehead atoms. The zero-order valence-electron chi connectivity index (χ0n) is 11.6. The standard InChI is InChI=1S/C12H18N2O5S/c1-14(2)6-7-18-11-8-9(20(3,16)17)4-5-10(11)19-12(13)15/h4-5,8H,6-7H2,1-3H3,(H2,13,15). The summed E-state index contributed by atoms with van der Waals surface area (Å²) in [6.45, 7) is 0.939. The van der Waals surface area contributed by atoms with E-state index in [1.807, 2.05) is 19.0 Å². The Morgan fingerprint density at radius 1 is 1.30 bits per heavy atom. The first-order chi connectivity index (χ1) is 9.20. The van der Waals surface area contributed by atoms with E-state index in [9.17, 15) is 13.2 Å². The van der Waals surface area contributed by atoms with Crippen LogP contribution in [-0.4, -0.2) is 52.9 Å². The minimum atomic E-state index is -3.37. The SMILES string of the molecule is CN(C)CCOc1cc(S(C)(=O)=O)ccc1OC(N)=O. The summed E-state index contributed by atoms with van der Waals surface area (Å²) in [6, 6.07) is 3.97. The van der Waals surface area contributed by atoms with Crippen LogP contribution < -0.4 is 15.2 Å². The van der Waals surface area contributed by atoms with Crippen molar-refractivity contribution in [3.05, 3.63) is 18.2 Å². The summed E-state index contributed by atoms with van der Waals surface area (Å²) >= 11 is 0. The third kappa shape index (κ3) is 5.06. The van der Waals surface area contributed by atoms with Crippen LogP contribution in [0.25, 0.3) is 0 Å². The Bertz CT molecular complexity index is 584. The molecule has 0 spiro atoms. The maximum absolute atomic E-state index is 11.5. The van der Waals surface area contributed by atoms with E-state index in [1.165, 1.54) is 18.2 Å². The highest BCUT2D eigenvalue weighted by Gasteiger charge is 2.14. The molecule has 1 aromatic rings. The molecule has 0 heterocycles. The first kappa shape index (κ1) is 16.3. The van der Waals surface area contributed by atoms with Crippen LogP contribution >= 0.6 is 0 Å². The van der Waals surface area contributed by atoms with E-state index >= 15 is 0 Å². The molecule has 0 saturated carbocycles. The molecule has 0 atom stereocenters. The molecule has 0 fully saturated rings. The second-order valence-electron chi connectivity index (χ2n) is 4.45. The number of ether oxygens (including phenoxy) is 2. The van der Waals surface area contributed by atoms with Crippen molar-refractivity contribution in [2.75, 3.05) is 33.5 Å². The summed E-state index contributed by atoms with van der Waals surface area (Å²) in [5.41, 5.74) is 4.95. The molecular weight excluding hydrogens is 284 g/mol. The third-order valence-electron chi connectivity index (χ3n) is 2.35. The Balaban J connectivity index is 3.03. The largest absolute Gasteiger partial charge is 0.488 e. The zero-order chi connectivity index (χ0) is 15.3. The average molecular weight is 302 g/mol. The van der Waals surface area contributed by atoms with Gasteiger partial charge in [-0.25, -0.2) is 13.2 Å². The lowest BCUT2D eigenvalue weighted by Crippen LogP contribution is -2.20. The molecule has 1 rings (SSSR count). The van der Waals surface area contributed by atoms with E-state index in [-0.39, 0.29) is 16.4 Å². The zero-order valence-corrected chi connectivity index (χ0v) is 12.4. The number of likely N-dealkylation sites (N-methyl/N-ethyl adjacent to an activating group) is 1. The molecule has 8 heteroatoms. The summed E-state index contributed by atoms with van der Waals surface area (Å²) in [7, 11) is 0.370. The van der Waals surface area contributed by atoms with E-state index in [1.54, 1.807) is 0 Å². The summed E-state index contributed by atoms with van der Waals surface area (Å²) in [5.74, 6) is 0.247. The summed E-state index contributed by atoms with van der Waals surface area (Å²) < 4.78 is 33.2. The predicted molar refractivity (Wildman–Crippen MR) is 73.8 cm³/mol. The van der Waals surface area contributed by atoms with Crippen molar-refractivity contribution in [3.63, 3.8) is 0 Å². The van der Waals surface area contributed by atoms with Gasteiger partial charge in [0.2, 0.25) is 0 Å². The van der Waals surface area contributed by atoms with Gasteiger partial charge in [0.15, 0.2) is 21.3 Å². The number of nitrogens with two attached hydrogens (primary N) is 1. The Hall–Kier alpha value is -1.80. The van der Waals surface area contributed by atoms with Crippen molar-refractivity contribution in [1.29, 1.82) is 0 Å². The number of hydrogen-bond acceptors (Lipinski definition) is 6. The van der Waals surface area contributed by atoms with Gasteiger partial charge < -0.3 is 20.1 Å². The number of rotatable bonds is 6. The van der Waals surface area contributed by atoms with E-state index in [0.717, 1.165) is 6.26 Å². The molecule has 112 valence electrons. The molecule has 2 N–H and O–H groups in total. The second-order valence-corrected chi connectivity index (χ2v) is 6.47. The minimum absolute atomic E-state index is 0.0779. The number of amides is 1. The van der Waals surface area contributed by atoms with Gasteiger partial charge in [0.1, 0.15) is 6.61 Å². The Kier molecular flexibility index (Phi) is 5.34. The van der Waals surface area contributed by atoms with Crippen LogP contribution in [0.1, 0.15) is 0 Å². The summed E-state index contributed by atoms with van der Waals surface area (Å²) in [4.78, 5) is 12.8. The van der Waals surface area contributed by atoms with E-state index in [4.69, 9.17) is 15.2 Å². The first-order valence-electron chi connectivity index (χ1n) is 5.79. The van der Waals surface area contributed by atoms with Gasteiger partial charge >= 0.3 is 6.09 Å². The molecule has 0 aliphatic heterocycles. The Morgan fingerprint density at radius 2 is 1.95 bits per heavy atom. The van der Waals surface area contributed by atoms with E-state index in [2.05, 4.69) is 0 Å². The van der Waals surface area contributed by atoms with Crippen molar-refractivity contribution in [2.24, 2.45) is 5.73 Å². The normalized spacial score (nSPS) is 11.4. The van der Waals surface area contributed by atoms with Gasteiger partial charge in [0.05, 0.1) is 4.90 Å². The predicted octanol–water partition coefficient (Wildman–Crippen LogP) is 0.488.